The van der Waals surface area contributed by atoms with Gasteiger partial charge in [-0.2, -0.15) is 5.10 Å². The van der Waals surface area contributed by atoms with Crippen molar-refractivity contribution in [2.24, 2.45) is 16.7 Å². The summed E-state index contributed by atoms with van der Waals surface area (Å²) >= 11 is 0. The zero-order chi connectivity index (χ0) is 24.1. The van der Waals surface area contributed by atoms with Gasteiger partial charge in [0.15, 0.2) is 0 Å². The van der Waals surface area contributed by atoms with Gasteiger partial charge >= 0.3 is 0 Å². The number of hydrazone groups is 1. The standard InChI is InChI=1S/C27H36N6O/c1-19-10-8-11-20(2)32(19)16-6-3-7-17-33-24-15-5-4-14-23(24)30-25(27(33)34)21-12-9-13-22(18-21)26(28)31-29/h4-5,9,12-15,18-20H,3,6-8,10-11,16-17,29H2,1-2H3,(H2,28,31)/t19-,20+. The summed E-state index contributed by atoms with van der Waals surface area (Å²) in [5, 5.41) is 3.57. The van der Waals surface area contributed by atoms with Crippen molar-refractivity contribution in [3.8, 4) is 11.3 Å². The fourth-order valence-electron chi connectivity index (χ4n) is 5.16. The molecule has 0 spiro atoms. The van der Waals surface area contributed by atoms with Crippen LogP contribution in [-0.4, -0.2) is 38.9 Å². The third-order valence-corrected chi connectivity index (χ3v) is 7.10. The number of unbranched alkanes of at least 4 members (excludes halogenated alkanes) is 2. The number of nitrogens with two attached hydrogens (primary N) is 2. The van der Waals surface area contributed by atoms with Gasteiger partial charge in [0.2, 0.25) is 0 Å². The van der Waals surface area contributed by atoms with Gasteiger partial charge in [-0.3, -0.25) is 9.69 Å². The molecule has 1 saturated heterocycles. The second-order valence-corrected chi connectivity index (χ2v) is 9.43. The fraction of sp³-hybridized carbons (Fsp3) is 0.444. The molecular formula is C27H36N6O. The first-order valence-corrected chi connectivity index (χ1v) is 12.4. The average Bonchev–Trinajstić information content (AvgIpc) is 2.85. The minimum absolute atomic E-state index is 0.0858. The Kier molecular flexibility index (Phi) is 7.63. The van der Waals surface area contributed by atoms with E-state index in [-0.39, 0.29) is 11.4 Å². The average molecular weight is 461 g/mol. The Morgan fingerprint density at radius 1 is 1.03 bits per heavy atom. The summed E-state index contributed by atoms with van der Waals surface area (Å²) < 4.78 is 1.87. The lowest BCUT2D eigenvalue weighted by Gasteiger charge is -2.39. The summed E-state index contributed by atoms with van der Waals surface area (Å²) in [4.78, 5) is 20.9. The number of likely N-dealkylation sites (tertiary alicyclic amines) is 1. The van der Waals surface area contributed by atoms with Crippen molar-refractivity contribution in [1.82, 2.24) is 14.5 Å². The van der Waals surface area contributed by atoms with Gasteiger partial charge in [-0.1, -0.05) is 43.2 Å². The van der Waals surface area contributed by atoms with Gasteiger partial charge in [-0.05, 0) is 64.3 Å². The van der Waals surface area contributed by atoms with E-state index in [0.29, 0.717) is 35.4 Å². The third-order valence-electron chi connectivity index (χ3n) is 7.10. The number of benzene rings is 2. The molecule has 7 nitrogen and oxygen atoms in total. The second-order valence-electron chi connectivity index (χ2n) is 9.43. The molecule has 4 N–H and O–H groups in total. The SMILES string of the molecule is C[C@@H]1CCC[C@H](C)N1CCCCCn1c(=O)c(-c2cccc(/C(N)=N/N)c2)nc2ccccc21. The van der Waals surface area contributed by atoms with Crippen molar-refractivity contribution in [2.45, 2.75) is 71.0 Å². The van der Waals surface area contributed by atoms with Crippen molar-refractivity contribution in [1.29, 1.82) is 0 Å². The Morgan fingerprint density at radius 3 is 2.53 bits per heavy atom. The van der Waals surface area contributed by atoms with Gasteiger partial charge in [-0.25, -0.2) is 4.98 Å². The molecule has 0 bridgehead atoms. The van der Waals surface area contributed by atoms with Crippen molar-refractivity contribution < 1.29 is 0 Å². The first-order chi connectivity index (χ1) is 16.5. The van der Waals surface area contributed by atoms with Gasteiger partial charge in [0.25, 0.3) is 5.56 Å². The Morgan fingerprint density at radius 2 is 1.76 bits per heavy atom. The second kappa shape index (κ2) is 10.8. The van der Waals surface area contributed by atoms with E-state index in [9.17, 15) is 4.79 Å². The number of hydrogen-bond acceptors (Lipinski definition) is 5. The Hall–Kier alpha value is -3.19. The number of para-hydroxylation sites is 2. The smallest absolute Gasteiger partial charge is 0.277 e. The minimum atomic E-state index is -0.0858. The molecule has 3 aromatic rings. The maximum absolute atomic E-state index is 13.5. The molecule has 2 aromatic carbocycles. The Bertz CT molecular complexity index is 1210. The number of piperidine rings is 1. The van der Waals surface area contributed by atoms with Crippen LogP contribution >= 0.6 is 0 Å². The normalized spacial score (nSPS) is 19.5. The summed E-state index contributed by atoms with van der Waals surface area (Å²) in [6.07, 6.45) is 7.14. The minimum Gasteiger partial charge on any atom is -0.382 e. The van der Waals surface area contributed by atoms with E-state index < -0.39 is 0 Å². The highest BCUT2D eigenvalue weighted by molar-refractivity contribution is 5.98. The topological polar surface area (TPSA) is 103 Å². The molecule has 7 heteroatoms. The lowest BCUT2D eigenvalue weighted by molar-refractivity contribution is 0.101. The van der Waals surface area contributed by atoms with Gasteiger partial charge in [0.1, 0.15) is 11.5 Å². The highest BCUT2D eigenvalue weighted by atomic mass is 16.1. The quantitative estimate of drug-likeness (QED) is 0.173. The molecule has 1 aromatic heterocycles. The number of hydrogen-bond donors (Lipinski definition) is 2. The Labute approximate surface area is 201 Å². The van der Waals surface area contributed by atoms with Crippen LogP contribution in [-0.2, 0) is 6.54 Å². The first-order valence-electron chi connectivity index (χ1n) is 12.4. The number of amidine groups is 1. The highest BCUT2D eigenvalue weighted by Crippen LogP contribution is 2.23. The third kappa shape index (κ3) is 5.14. The van der Waals surface area contributed by atoms with Crippen LogP contribution in [0.3, 0.4) is 0 Å². The molecule has 4 rings (SSSR count). The molecule has 0 aliphatic carbocycles. The van der Waals surface area contributed by atoms with Crippen molar-refractivity contribution in [3.05, 3.63) is 64.4 Å². The highest BCUT2D eigenvalue weighted by Gasteiger charge is 2.23. The molecule has 0 radical (unpaired) electrons. The zero-order valence-corrected chi connectivity index (χ0v) is 20.3. The number of rotatable bonds is 8. The van der Waals surface area contributed by atoms with Gasteiger partial charge < -0.3 is 16.1 Å². The van der Waals surface area contributed by atoms with Gasteiger partial charge in [0, 0.05) is 29.8 Å². The summed E-state index contributed by atoms with van der Waals surface area (Å²) in [6.45, 7) is 6.51. The van der Waals surface area contributed by atoms with Crippen LogP contribution in [0.1, 0.15) is 57.9 Å². The molecule has 0 saturated carbocycles. The number of nitrogens with zero attached hydrogens (tertiary/aromatic N) is 4. The maximum atomic E-state index is 13.5. The number of aryl methyl sites for hydroxylation is 1. The zero-order valence-electron chi connectivity index (χ0n) is 20.3. The van der Waals surface area contributed by atoms with E-state index in [0.717, 1.165) is 36.8 Å². The molecule has 34 heavy (non-hydrogen) atoms. The summed E-state index contributed by atoms with van der Waals surface area (Å²) in [7, 11) is 0. The number of aromatic nitrogens is 2. The van der Waals surface area contributed by atoms with E-state index in [2.05, 4.69) is 23.8 Å². The number of fused-ring (bicyclic) bond motifs is 1. The molecule has 180 valence electrons. The molecule has 0 amide bonds. The molecule has 2 heterocycles. The van der Waals surface area contributed by atoms with Crippen LogP contribution in [0.5, 0.6) is 0 Å². The van der Waals surface area contributed by atoms with E-state index in [4.69, 9.17) is 16.6 Å². The lowest BCUT2D eigenvalue weighted by atomic mass is 9.97. The molecule has 0 unspecified atom stereocenters. The van der Waals surface area contributed by atoms with E-state index in [1.807, 2.05) is 53.1 Å². The first kappa shape index (κ1) is 24.0. The van der Waals surface area contributed by atoms with Crippen molar-refractivity contribution in [2.75, 3.05) is 6.54 Å². The van der Waals surface area contributed by atoms with Crippen LogP contribution in [0.2, 0.25) is 0 Å². The predicted octanol–water partition coefficient (Wildman–Crippen LogP) is 4.08. The fourth-order valence-corrected chi connectivity index (χ4v) is 5.16. The molecular weight excluding hydrogens is 424 g/mol. The maximum Gasteiger partial charge on any atom is 0.277 e. The van der Waals surface area contributed by atoms with Crippen LogP contribution < -0.4 is 17.1 Å². The molecule has 1 fully saturated rings. The lowest BCUT2D eigenvalue weighted by Crippen LogP contribution is -2.44. The van der Waals surface area contributed by atoms with E-state index >= 15 is 0 Å². The molecule has 2 atom stereocenters. The summed E-state index contributed by atoms with van der Waals surface area (Å²) in [6, 6.07) is 16.5. The van der Waals surface area contributed by atoms with Crippen molar-refractivity contribution >= 4 is 16.9 Å². The molecule has 1 aliphatic heterocycles. The van der Waals surface area contributed by atoms with E-state index in [1.165, 1.54) is 19.3 Å². The van der Waals surface area contributed by atoms with Crippen LogP contribution in [0.15, 0.2) is 58.4 Å². The van der Waals surface area contributed by atoms with Crippen LogP contribution in [0, 0.1) is 0 Å². The monoisotopic (exact) mass is 460 g/mol. The van der Waals surface area contributed by atoms with Crippen LogP contribution in [0.4, 0.5) is 0 Å². The van der Waals surface area contributed by atoms with Gasteiger partial charge in [0.05, 0.1) is 11.0 Å². The predicted molar refractivity (Wildman–Crippen MR) is 140 cm³/mol. The molecule has 1 aliphatic rings. The van der Waals surface area contributed by atoms with Crippen LogP contribution in [0.25, 0.3) is 22.3 Å². The van der Waals surface area contributed by atoms with Gasteiger partial charge in [-0.15, -0.1) is 0 Å². The Balaban J connectivity index is 1.53. The summed E-state index contributed by atoms with van der Waals surface area (Å²) in [5.74, 6) is 5.56. The van der Waals surface area contributed by atoms with E-state index in [1.54, 1.807) is 0 Å². The van der Waals surface area contributed by atoms with Crippen molar-refractivity contribution in [3.63, 3.8) is 0 Å². The summed E-state index contributed by atoms with van der Waals surface area (Å²) in [5.41, 5.74) is 9.27. The largest absolute Gasteiger partial charge is 0.382 e.